The van der Waals surface area contributed by atoms with Crippen LogP contribution in [-0.4, -0.2) is 28.0 Å². The third kappa shape index (κ3) is 3.64. The van der Waals surface area contributed by atoms with Crippen LogP contribution in [-0.2, 0) is 11.8 Å². The van der Waals surface area contributed by atoms with Crippen molar-refractivity contribution in [3.63, 3.8) is 0 Å². The molecule has 0 bridgehead atoms. The van der Waals surface area contributed by atoms with E-state index in [2.05, 4.69) is 0 Å². The number of nitrogens with one attached hydrogen (secondary N) is 1. The fourth-order valence-corrected chi connectivity index (χ4v) is 2.33. The Bertz CT molecular complexity index is 748. The van der Waals surface area contributed by atoms with Crippen molar-refractivity contribution in [2.24, 2.45) is 7.05 Å². The minimum absolute atomic E-state index is 0.218. The molecule has 1 amide bonds. The van der Waals surface area contributed by atoms with Crippen LogP contribution in [0.3, 0.4) is 0 Å². The summed E-state index contributed by atoms with van der Waals surface area (Å²) in [4.78, 5) is 23.0. The molecule has 0 aliphatic carbocycles. The van der Waals surface area contributed by atoms with Crippen molar-refractivity contribution in [3.05, 3.63) is 52.4 Å². The van der Waals surface area contributed by atoms with Crippen LogP contribution in [0.4, 0.5) is 13.2 Å². The summed E-state index contributed by atoms with van der Waals surface area (Å²) in [5.41, 5.74) is 0.891. The topological polar surface area (TPSA) is 56.0 Å². The van der Waals surface area contributed by atoms with Crippen LogP contribution in [0, 0.1) is 0 Å². The van der Waals surface area contributed by atoms with E-state index < -0.39 is 18.0 Å². The van der Waals surface area contributed by atoms with Gasteiger partial charge in [0.2, 0.25) is 0 Å². The molecular formula is C15H16F3N3O2. The first kappa shape index (κ1) is 16.9. The van der Waals surface area contributed by atoms with Gasteiger partial charge in [-0.05, 0) is 12.1 Å². The SMILES string of the molecule is CC(CNC(=O)C(F)(F)F)c1cc(=O)n(-c2ccccc2)n1C. The zero-order valence-corrected chi connectivity index (χ0v) is 12.6. The van der Waals surface area contributed by atoms with Gasteiger partial charge in [-0.2, -0.15) is 13.2 Å². The number of hydrogen-bond acceptors (Lipinski definition) is 2. The number of alkyl halides is 3. The molecule has 1 heterocycles. The third-order valence-electron chi connectivity index (χ3n) is 3.49. The van der Waals surface area contributed by atoms with Crippen molar-refractivity contribution in [1.82, 2.24) is 14.7 Å². The lowest BCUT2D eigenvalue weighted by molar-refractivity contribution is -0.173. The molecule has 2 rings (SSSR count). The Morgan fingerprint density at radius 1 is 1.26 bits per heavy atom. The molecule has 0 radical (unpaired) electrons. The van der Waals surface area contributed by atoms with Gasteiger partial charge >= 0.3 is 12.1 Å². The largest absolute Gasteiger partial charge is 0.471 e. The summed E-state index contributed by atoms with van der Waals surface area (Å²) in [5.74, 6) is -2.44. The second kappa shape index (κ2) is 6.31. The highest BCUT2D eigenvalue weighted by Gasteiger charge is 2.38. The molecule has 0 aliphatic rings. The minimum atomic E-state index is -4.92. The van der Waals surface area contributed by atoms with Crippen LogP contribution in [0.25, 0.3) is 5.69 Å². The van der Waals surface area contributed by atoms with E-state index in [9.17, 15) is 22.8 Å². The second-order valence-electron chi connectivity index (χ2n) is 5.19. The monoisotopic (exact) mass is 327 g/mol. The number of aromatic nitrogens is 2. The molecule has 1 unspecified atom stereocenters. The van der Waals surface area contributed by atoms with Crippen LogP contribution in [0.1, 0.15) is 18.5 Å². The molecule has 23 heavy (non-hydrogen) atoms. The summed E-state index contributed by atoms with van der Waals surface area (Å²) in [5, 5.41) is 1.83. The highest BCUT2D eigenvalue weighted by Crippen LogP contribution is 2.17. The van der Waals surface area contributed by atoms with E-state index in [4.69, 9.17) is 0 Å². The Morgan fingerprint density at radius 3 is 2.43 bits per heavy atom. The van der Waals surface area contributed by atoms with E-state index >= 15 is 0 Å². The lowest BCUT2D eigenvalue weighted by Crippen LogP contribution is -2.38. The highest BCUT2D eigenvalue weighted by atomic mass is 19.4. The van der Waals surface area contributed by atoms with E-state index in [1.54, 1.807) is 42.9 Å². The second-order valence-corrected chi connectivity index (χ2v) is 5.19. The fourth-order valence-electron chi connectivity index (χ4n) is 2.33. The van der Waals surface area contributed by atoms with Gasteiger partial charge in [-0.3, -0.25) is 14.3 Å². The number of para-hydroxylation sites is 1. The van der Waals surface area contributed by atoms with E-state index in [1.807, 2.05) is 11.4 Å². The smallest absolute Gasteiger partial charge is 0.348 e. The predicted molar refractivity (Wildman–Crippen MR) is 78.5 cm³/mol. The van der Waals surface area contributed by atoms with E-state index in [-0.39, 0.29) is 12.1 Å². The molecular weight excluding hydrogens is 311 g/mol. The van der Waals surface area contributed by atoms with Gasteiger partial charge in [0, 0.05) is 31.3 Å². The van der Waals surface area contributed by atoms with Crippen molar-refractivity contribution in [2.45, 2.75) is 19.0 Å². The lowest BCUT2D eigenvalue weighted by atomic mass is 10.1. The molecule has 0 aliphatic heterocycles. The summed E-state index contributed by atoms with van der Waals surface area (Å²) in [7, 11) is 1.64. The number of carbonyl (C=O) groups excluding carboxylic acids is 1. The van der Waals surface area contributed by atoms with Gasteiger partial charge in [0.05, 0.1) is 5.69 Å². The quantitative estimate of drug-likeness (QED) is 0.933. The first-order valence-electron chi connectivity index (χ1n) is 6.91. The van der Waals surface area contributed by atoms with Crippen molar-refractivity contribution in [1.29, 1.82) is 0 Å². The molecule has 2 aromatic rings. The molecule has 1 atom stereocenters. The Morgan fingerprint density at radius 2 is 1.87 bits per heavy atom. The summed E-state index contributed by atoms with van der Waals surface area (Å²) in [6.07, 6.45) is -4.92. The molecule has 124 valence electrons. The number of amides is 1. The summed E-state index contributed by atoms with van der Waals surface area (Å²) < 4.78 is 39.6. The molecule has 0 fully saturated rings. The van der Waals surface area contributed by atoms with Gasteiger partial charge in [0.15, 0.2) is 0 Å². The van der Waals surface area contributed by atoms with E-state index in [0.717, 1.165) is 0 Å². The normalized spacial score (nSPS) is 12.9. The van der Waals surface area contributed by atoms with Crippen LogP contribution < -0.4 is 10.9 Å². The number of rotatable bonds is 4. The first-order chi connectivity index (χ1) is 10.7. The average Bonchev–Trinajstić information content (AvgIpc) is 2.79. The molecule has 1 aromatic heterocycles. The molecule has 0 spiro atoms. The van der Waals surface area contributed by atoms with Crippen molar-refractivity contribution in [2.75, 3.05) is 6.54 Å². The predicted octanol–water partition coefficient (Wildman–Crippen LogP) is 1.96. The van der Waals surface area contributed by atoms with Gasteiger partial charge in [0.25, 0.3) is 5.56 Å². The van der Waals surface area contributed by atoms with E-state index in [0.29, 0.717) is 11.4 Å². The zero-order valence-electron chi connectivity index (χ0n) is 12.6. The molecule has 0 saturated heterocycles. The minimum Gasteiger partial charge on any atom is -0.348 e. The number of carbonyl (C=O) groups is 1. The van der Waals surface area contributed by atoms with Crippen molar-refractivity contribution >= 4 is 5.91 Å². The van der Waals surface area contributed by atoms with Crippen molar-refractivity contribution < 1.29 is 18.0 Å². The maximum atomic E-state index is 12.2. The van der Waals surface area contributed by atoms with Gasteiger partial charge in [-0.25, -0.2) is 4.68 Å². The number of halogens is 3. The summed E-state index contributed by atoms with van der Waals surface area (Å²) in [6.45, 7) is 1.42. The first-order valence-corrected chi connectivity index (χ1v) is 6.91. The average molecular weight is 327 g/mol. The number of benzene rings is 1. The number of nitrogens with zero attached hydrogens (tertiary/aromatic N) is 2. The zero-order chi connectivity index (χ0) is 17.2. The maximum Gasteiger partial charge on any atom is 0.471 e. The van der Waals surface area contributed by atoms with Crippen LogP contribution in [0.5, 0.6) is 0 Å². The number of hydrogen-bond donors (Lipinski definition) is 1. The highest BCUT2D eigenvalue weighted by molar-refractivity contribution is 5.81. The van der Waals surface area contributed by atoms with E-state index in [1.165, 1.54) is 10.7 Å². The van der Waals surface area contributed by atoms with Gasteiger partial charge in [0.1, 0.15) is 0 Å². The van der Waals surface area contributed by atoms with Crippen LogP contribution >= 0.6 is 0 Å². The van der Waals surface area contributed by atoms with Crippen LogP contribution in [0.2, 0.25) is 0 Å². The van der Waals surface area contributed by atoms with Crippen LogP contribution in [0.15, 0.2) is 41.2 Å². The Labute approximate surface area is 130 Å². The molecule has 1 N–H and O–H groups in total. The summed E-state index contributed by atoms with van der Waals surface area (Å²) in [6, 6.07) is 10.2. The Hall–Kier alpha value is -2.51. The molecule has 5 nitrogen and oxygen atoms in total. The standard InChI is InChI=1S/C15H16F3N3O2/c1-10(9-19-14(23)15(16,17)18)12-8-13(22)21(20(12)2)11-6-4-3-5-7-11/h3-8,10H,9H2,1-2H3,(H,19,23). The molecule has 0 saturated carbocycles. The fraction of sp³-hybridized carbons (Fsp3) is 0.333. The Kier molecular flexibility index (Phi) is 4.63. The van der Waals surface area contributed by atoms with Gasteiger partial charge < -0.3 is 5.32 Å². The molecule has 1 aromatic carbocycles. The molecule has 8 heteroatoms. The van der Waals surface area contributed by atoms with Gasteiger partial charge in [-0.15, -0.1) is 0 Å². The lowest BCUT2D eigenvalue weighted by Gasteiger charge is -2.16. The van der Waals surface area contributed by atoms with Gasteiger partial charge in [-0.1, -0.05) is 25.1 Å². The third-order valence-corrected chi connectivity index (χ3v) is 3.49. The summed E-state index contributed by atoms with van der Waals surface area (Å²) >= 11 is 0. The maximum absolute atomic E-state index is 12.2. The Balaban J connectivity index is 2.22. The van der Waals surface area contributed by atoms with Crippen molar-refractivity contribution in [3.8, 4) is 5.69 Å².